The molecule has 0 radical (unpaired) electrons. The van der Waals surface area contributed by atoms with Crippen LogP contribution in [0.4, 0.5) is 0 Å². The Hall–Kier alpha value is -1.44. The third kappa shape index (κ3) is 4.10. The molecule has 1 aromatic rings. The fraction of sp³-hybridized carbons (Fsp3) is 0.750. The summed E-state index contributed by atoms with van der Waals surface area (Å²) in [6.45, 7) is 8.05. The summed E-state index contributed by atoms with van der Waals surface area (Å²) in [6.07, 6.45) is 2.61. The molecule has 1 fully saturated rings. The molecule has 0 atom stereocenters. The minimum Gasteiger partial charge on any atom is -0.384 e. The molecule has 2 aliphatic heterocycles. The van der Waals surface area contributed by atoms with Gasteiger partial charge in [-0.25, -0.2) is 4.98 Å². The highest BCUT2D eigenvalue weighted by Gasteiger charge is 2.23. The lowest BCUT2D eigenvalue weighted by Gasteiger charge is -2.31. The van der Waals surface area contributed by atoms with Crippen LogP contribution < -0.4 is 0 Å². The fourth-order valence-corrected chi connectivity index (χ4v) is 3.18. The quantitative estimate of drug-likeness (QED) is 0.765. The summed E-state index contributed by atoms with van der Waals surface area (Å²) in [6, 6.07) is 0. The highest BCUT2D eigenvalue weighted by atomic mass is 16.5. The van der Waals surface area contributed by atoms with Gasteiger partial charge in [0.2, 0.25) is 5.91 Å². The number of methoxy groups -OCH3 is 1. The topological polar surface area (TPSA) is 53.8 Å². The van der Waals surface area contributed by atoms with Crippen molar-refractivity contribution in [1.29, 1.82) is 0 Å². The number of hydrogen-bond acceptors (Lipinski definition) is 5. The zero-order chi connectivity index (χ0) is 16.2. The number of aromatic nitrogens is 2. The van der Waals surface area contributed by atoms with Crippen LogP contribution in [0.5, 0.6) is 0 Å². The van der Waals surface area contributed by atoms with Gasteiger partial charge in [-0.2, -0.15) is 0 Å². The fourth-order valence-electron chi connectivity index (χ4n) is 3.18. The zero-order valence-corrected chi connectivity index (χ0v) is 14.2. The highest BCUT2D eigenvalue weighted by Crippen LogP contribution is 2.15. The first-order valence-corrected chi connectivity index (χ1v) is 8.38. The third-order valence-corrected chi connectivity index (χ3v) is 4.71. The van der Waals surface area contributed by atoms with Gasteiger partial charge in [0.1, 0.15) is 5.82 Å². The molecule has 0 N–H and O–H groups in total. The second-order valence-electron chi connectivity index (χ2n) is 6.48. The Morgan fingerprint density at radius 1 is 1.22 bits per heavy atom. The van der Waals surface area contributed by atoms with Gasteiger partial charge in [-0.05, 0) is 7.05 Å². The molecule has 0 aliphatic carbocycles. The van der Waals surface area contributed by atoms with E-state index in [9.17, 15) is 4.79 Å². The van der Waals surface area contributed by atoms with Crippen LogP contribution in [0.15, 0.2) is 6.20 Å². The van der Waals surface area contributed by atoms with E-state index in [1.807, 2.05) is 4.90 Å². The van der Waals surface area contributed by atoms with E-state index in [0.29, 0.717) is 19.6 Å². The van der Waals surface area contributed by atoms with Crippen molar-refractivity contribution in [2.24, 2.45) is 0 Å². The Morgan fingerprint density at radius 2 is 2.00 bits per heavy atom. The Kier molecular flexibility index (Phi) is 5.30. The van der Waals surface area contributed by atoms with E-state index in [2.05, 4.69) is 27.6 Å². The first-order chi connectivity index (χ1) is 11.2. The average molecular weight is 321 g/mol. The minimum absolute atomic E-state index is 0.154. The van der Waals surface area contributed by atoms with Gasteiger partial charge in [0.15, 0.2) is 0 Å². The lowest BCUT2D eigenvalue weighted by molar-refractivity contribution is -0.133. The number of imidazole rings is 1. The van der Waals surface area contributed by atoms with Crippen molar-refractivity contribution in [2.75, 3.05) is 53.5 Å². The molecule has 1 amide bonds. The molecule has 0 bridgehead atoms. The summed E-state index contributed by atoms with van der Waals surface area (Å²) in [5.41, 5.74) is 1.12. The summed E-state index contributed by atoms with van der Waals surface area (Å²) in [4.78, 5) is 23.6. The number of fused-ring (bicyclic) bond motifs is 1. The smallest absolute Gasteiger partial charge is 0.225 e. The number of amides is 1. The maximum Gasteiger partial charge on any atom is 0.225 e. The summed E-state index contributed by atoms with van der Waals surface area (Å²) in [5, 5.41) is 0. The van der Waals surface area contributed by atoms with Crippen LogP contribution in [0.25, 0.3) is 0 Å². The van der Waals surface area contributed by atoms with Gasteiger partial charge in [-0.15, -0.1) is 0 Å². The maximum atomic E-state index is 12.1. The number of carbonyl (C=O) groups excluding carboxylic acids is 1. The standard InChI is InChI=1S/C16H27N5O2/c1-18-4-6-19(7-5-18)11-14-12-20-8-9-21(13-15(20)17-14)16(22)3-10-23-2/h12H,3-11,13H2,1-2H3. The van der Waals surface area contributed by atoms with Gasteiger partial charge in [0, 0.05) is 59.1 Å². The highest BCUT2D eigenvalue weighted by molar-refractivity contribution is 5.76. The van der Waals surface area contributed by atoms with Crippen LogP contribution in [-0.2, 0) is 29.2 Å². The number of carbonyl (C=O) groups is 1. The Balaban J connectivity index is 1.57. The second kappa shape index (κ2) is 7.42. The summed E-state index contributed by atoms with van der Waals surface area (Å²) in [7, 11) is 3.79. The van der Waals surface area contributed by atoms with Gasteiger partial charge < -0.3 is 19.1 Å². The predicted molar refractivity (Wildman–Crippen MR) is 86.9 cm³/mol. The Bertz CT molecular complexity index is 537. The number of ether oxygens (including phenoxy) is 1. The second-order valence-corrected chi connectivity index (χ2v) is 6.48. The van der Waals surface area contributed by atoms with Crippen LogP contribution >= 0.6 is 0 Å². The molecule has 0 unspecified atom stereocenters. The lowest BCUT2D eigenvalue weighted by atomic mass is 10.3. The van der Waals surface area contributed by atoms with Gasteiger partial charge in [0.25, 0.3) is 0 Å². The van der Waals surface area contributed by atoms with Crippen molar-refractivity contribution in [3.8, 4) is 0 Å². The number of nitrogens with zero attached hydrogens (tertiary/aromatic N) is 5. The average Bonchev–Trinajstić information content (AvgIpc) is 2.96. The van der Waals surface area contributed by atoms with Crippen molar-refractivity contribution in [3.63, 3.8) is 0 Å². The van der Waals surface area contributed by atoms with Crippen molar-refractivity contribution in [1.82, 2.24) is 24.3 Å². The number of hydrogen-bond donors (Lipinski definition) is 0. The van der Waals surface area contributed by atoms with E-state index in [0.717, 1.165) is 57.3 Å². The first-order valence-electron chi connectivity index (χ1n) is 8.38. The van der Waals surface area contributed by atoms with Crippen molar-refractivity contribution >= 4 is 5.91 Å². The van der Waals surface area contributed by atoms with E-state index >= 15 is 0 Å². The van der Waals surface area contributed by atoms with E-state index in [1.54, 1.807) is 7.11 Å². The van der Waals surface area contributed by atoms with Gasteiger partial charge in [0.05, 0.1) is 25.3 Å². The Morgan fingerprint density at radius 3 is 2.74 bits per heavy atom. The van der Waals surface area contributed by atoms with Crippen LogP contribution in [0.2, 0.25) is 0 Å². The van der Waals surface area contributed by atoms with Crippen LogP contribution in [0, 0.1) is 0 Å². The summed E-state index contributed by atoms with van der Waals surface area (Å²) >= 11 is 0. The van der Waals surface area contributed by atoms with E-state index < -0.39 is 0 Å². The molecule has 0 spiro atoms. The van der Waals surface area contributed by atoms with Gasteiger partial charge in [-0.3, -0.25) is 9.69 Å². The third-order valence-electron chi connectivity index (χ3n) is 4.71. The summed E-state index contributed by atoms with van der Waals surface area (Å²) < 4.78 is 7.19. The van der Waals surface area contributed by atoms with Crippen LogP contribution in [-0.4, -0.2) is 83.6 Å². The lowest BCUT2D eigenvalue weighted by Crippen LogP contribution is -2.43. The maximum absolute atomic E-state index is 12.1. The monoisotopic (exact) mass is 321 g/mol. The van der Waals surface area contributed by atoms with E-state index in [-0.39, 0.29) is 5.91 Å². The SMILES string of the molecule is COCCC(=O)N1CCn2cc(CN3CCN(C)CC3)nc2C1. The predicted octanol–water partition coefficient (Wildman–Crippen LogP) is 0.00920. The summed E-state index contributed by atoms with van der Waals surface area (Å²) in [5.74, 6) is 1.16. The molecule has 0 saturated carbocycles. The first kappa shape index (κ1) is 16.4. The normalized spacial score (nSPS) is 19.8. The van der Waals surface area contributed by atoms with Crippen LogP contribution in [0.3, 0.4) is 0 Å². The van der Waals surface area contributed by atoms with Gasteiger partial charge >= 0.3 is 0 Å². The molecule has 7 heteroatoms. The molecule has 3 heterocycles. The van der Waals surface area contributed by atoms with Crippen LogP contribution in [0.1, 0.15) is 17.9 Å². The van der Waals surface area contributed by atoms with E-state index in [1.165, 1.54) is 0 Å². The molecule has 128 valence electrons. The molecule has 1 aromatic heterocycles. The van der Waals surface area contributed by atoms with Crippen molar-refractivity contribution in [2.45, 2.75) is 26.1 Å². The Labute approximate surface area is 137 Å². The molecule has 3 rings (SSSR count). The molecule has 23 heavy (non-hydrogen) atoms. The van der Waals surface area contributed by atoms with E-state index in [4.69, 9.17) is 9.72 Å². The molecular weight excluding hydrogens is 294 g/mol. The molecular formula is C16H27N5O2. The molecule has 2 aliphatic rings. The van der Waals surface area contributed by atoms with Crippen molar-refractivity contribution in [3.05, 3.63) is 17.7 Å². The van der Waals surface area contributed by atoms with Gasteiger partial charge in [-0.1, -0.05) is 0 Å². The number of rotatable bonds is 5. The largest absolute Gasteiger partial charge is 0.384 e. The number of piperazine rings is 1. The zero-order valence-electron chi connectivity index (χ0n) is 14.2. The minimum atomic E-state index is 0.154. The van der Waals surface area contributed by atoms with Crippen molar-refractivity contribution < 1.29 is 9.53 Å². The molecule has 7 nitrogen and oxygen atoms in total. The number of likely N-dealkylation sites (N-methyl/N-ethyl adjacent to an activating group) is 1. The molecule has 0 aromatic carbocycles. The molecule has 1 saturated heterocycles.